The van der Waals surface area contributed by atoms with E-state index in [-0.39, 0.29) is 17.7 Å². The molecule has 0 saturated heterocycles. The Labute approximate surface area is 189 Å². The number of anilines is 1. The van der Waals surface area contributed by atoms with Crippen LogP contribution in [0.5, 0.6) is 0 Å². The van der Waals surface area contributed by atoms with Crippen LogP contribution in [0.1, 0.15) is 33.6 Å². The summed E-state index contributed by atoms with van der Waals surface area (Å²) in [6.45, 7) is 0.307. The molecule has 0 aromatic heterocycles. The summed E-state index contributed by atoms with van der Waals surface area (Å²) in [5.74, 6) is -2.54. The maximum atomic E-state index is 12.6. The molecule has 32 heavy (non-hydrogen) atoms. The molecule has 2 unspecified atom stereocenters. The van der Waals surface area contributed by atoms with Gasteiger partial charge in [0.05, 0.1) is 23.0 Å². The SMILES string of the molecule is O=C(O)C1CC=CCC1C(=O)Nc1ccc(SCCN2C(=O)c3ccccc3C2=O)cc1. The van der Waals surface area contributed by atoms with Crippen molar-refractivity contribution >= 4 is 41.1 Å². The molecule has 3 amide bonds. The maximum absolute atomic E-state index is 12.6. The second-order valence-electron chi connectivity index (χ2n) is 7.66. The first-order chi connectivity index (χ1) is 15.5. The minimum atomic E-state index is -0.959. The average molecular weight is 451 g/mol. The van der Waals surface area contributed by atoms with E-state index < -0.39 is 17.8 Å². The summed E-state index contributed by atoms with van der Waals surface area (Å²) in [5, 5.41) is 12.1. The number of imide groups is 1. The molecule has 7 nitrogen and oxygen atoms in total. The lowest BCUT2D eigenvalue weighted by Gasteiger charge is -2.24. The number of hydrogen-bond acceptors (Lipinski definition) is 5. The maximum Gasteiger partial charge on any atom is 0.307 e. The molecule has 2 aromatic carbocycles. The van der Waals surface area contributed by atoms with Gasteiger partial charge in [0.2, 0.25) is 5.91 Å². The Balaban J connectivity index is 1.30. The molecule has 1 aliphatic heterocycles. The highest BCUT2D eigenvalue weighted by molar-refractivity contribution is 7.99. The van der Waals surface area contributed by atoms with Gasteiger partial charge in [-0.25, -0.2) is 0 Å². The molecule has 2 aromatic rings. The third-order valence-electron chi connectivity index (χ3n) is 5.67. The lowest BCUT2D eigenvalue weighted by Crippen LogP contribution is -2.34. The van der Waals surface area contributed by atoms with Crippen molar-refractivity contribution in [2.24, 2.45) is 11.8 Å². The van der Waals surface area contributed by atoms with Gasteiger partial charge in [-0.15, -0.1) is 11.8 Å². The van der Waals surface area contributed by atoms with Crippen molar-refractivity contribution in [3.05, 3.63) is 71.8 Å². The molecule has 2 N–H and O–H groups in total. The number of rotatable bonds is 7. The largest absolute Gasteiger partial charge is 0.481 e. The number of carbonyl (C=O) groups excluding carboxylic acids is 3. The second kappa shape index (κ2) is 9.40. The molecule has 0 saturated carbocycles. The van der Waals surface area contributed by atoms with Crippen LogP contribution in [0.3, 0.4) is 0 Å². The fourth-order valence-electron chi connectivity index (χ4n) is 3.94. The quantitative estimate of drug-likeness (QED) is 0.379. The third-order valence-corrected chi connectivity index (χ3v) is 6.66. The third kappa shape index (κ3) is 4.45. The highest BCUT2D eigenvalue weighted by Crippen LogP contribution is 2.28. The van der Waals surface area contributed by atoms with Crippen LogP contribution in [0.2, 0.25) is 0 Å². The summed E-state index contributed by atoms with van der Waals surface area (Å²) in [6, 6.07) is 14.0. The van der Waals surface area contributed by atoms with Crippen molar-refractivity contribution in [3.8, 4) is 0 Å². The Bertz CT molecular complexity index is 1060. The van der Waals surface area contributed by atoms with Gasteiger partial charge in [-0.1, -0.05) is 24.3 Å². The summed E-state index contributed by atoms with van der Waals surface area (Å²) in [7, 11) is 0. The summed E-state index contributed by atoms with van der Waals surface area (Å²) >= 11 is 1.50. The van der Waals surface area contributed by atoms with E-state index >= 15 is 0 Å². The van der Waals surface area contributed by atoms with Crippen molar-refractivity contribution in [2.45, 2.75) is 17.7 Å². The van der Waals surface area contributed by atoms with Crippen molar-refractivity contribution in [2.75, 3.05) is 17.6 Å². The van der Waals surface area contributed by atoms with Gasteiger partial charge in [0.1, 0.15) is 0 Å². The van der Waals surface area contributed by atoms with Gasteiger partial charge in [0.25, 0.3) is 11.8 Å². The molecule has 0 spiro atoms. The molecule has 1 heterocycles. The van der Waals surface area contributed by atoms with Gasteiger partial charge < -0.3 is 10.4 Å². The van der Waals surface area contributed by atoms with Crippen LogP contribution in [0.15, 0.2) is 65.6 Å². The topological polar surface area (TPSA) is 104 Å². The van der Waals surface area contributed by atoms with Crippen LogP contribution in [0.25, 0.3) is 0 Å². The molecule has 0 fully saturated rings. The van der Waals surface area contributed by atoms with E-state index in [0.29, 0.717) is 42.0 Å². The predicted octanol–water partition coefficient (Wildman–Crippen LogP) is 3.68. The van der Waals surface area contributed by atoms with E-state index in [4.69, 9.17) is 0 Å². The predicted molar refractivity (Wildman–Crippen MR) is 121 cm³/mol. The fourth-order valence-corrected chi connectivity index (χ4v) is 4.78. The van der Waals surface area contributed by atoms with Crippen molar-refractivity contribution < 1.29 is 24.3 Å². The zero-order valence-electron chi connectivity index (χ0n) is 17.2. The van der Waals surface area contributed by atoms with Crippen LogP contribution in [0.4, 0.5) is 5.69 Å². The van der Waals surface area contributed by atoms with Crippen molar-refractivity contribution in [1.82, 2.24) is 4.90 Å². The van der Waals surface area contributed by atoms with Crippen molar-refractivity contribution in [1.29, 1.82) is 0 Å². The molecular weight excluding hydrogens is 428 g/mol. The first kappa shape index (κ1) is 21.8. The van der Waals surface area contributed by atoms with E-state index in [1.54, 1.807) is 42.5 Å². The van der Waals surface area contributed by atoms with Crippen LogP contribution >= 0.6 is 11.8 Å². The van der Waals surface area contributed by atoms with E-state index in [2.05, 4.69) is 5.32 Å². The van der Waals surface area contributed by atoms with Crippen LogP contribution < -0.4 is 5.32 Å². The summed E-state index contributed by atoms with van der Waals surface area (Å²) in [5.41, 5.74) is 1.49. The summed E-state index contributed by atoms with van der Waals surface area (Å²) < 4.78 is 0. The van der Waals surface area contributed by atoms with Gasteiger partial charge in [-0.2, -0.15) is 0 Å². The Morgan fingerprint density at radius 2 is 1.53 bits per heavy atom. The Morgan fingerprint density at radius 3 is 2.12 bits per heavy atom. The molecular formula is C24H22N2O5S. The van der Waals surface area contributed by atoms with E-state index in [1.165, 1.54) is 16.7 Å². The number of carboxylic acids is 1. The van der Waals surface area contributed by atoms with Gasteiger partial charge in [0.15, 0.2) is 0 Å². The van der Waals surface area contributed by atoms with Gasteiger partial charge in [-0.05, 0) is 49.2 Å². The standard InChI is InChI=1S/C24H22N2O5S/c27-21(17-5-1-4-8-20(17)24(30)31)25-15-9-11-16(12-10-15)32-14-13-26-22(28)18-6-2-3-7-19(18)23(26)29/h1-4,6-7,9-12,17,20H,5,8,13-14H2,(H,25,27)(H,30,31). The molecule has 164 valence electrons. The number of carbonyl (C=O) groups is 4. The summed E-state index contributed by atoms with van der Waals surface area (Å²) in [6.07, 6.45) is 4.42. The first-order valence-corrected chi connectivity index (χ1v) is 11.3. The molecule has 4 rings (SSSR count). The normalized spacial score (nSPS) is 19.7. The smallest absolute Gasteiger partial charge is 0.307 e. The number of allylic oxidation sites excluding steroid dienone is 2. The molecule has 2 atom stereocenters. The number of carboxylic acid groups (broad SMARTS) is 1. The van der Waals surface area contributed by atoms with Crippen molar-refractivity contribution in [3.63, 3.8) is 0 Å². The number of nitrogens with zero attached hydrogens (tertiary/aromatic N) is 1. The van der Waals surface area contributed by atoms with Crippen LogP contribution in [-0.2, 0) is 9.59 Å². The Hall–Kier alpha value is -3.39. The average Bonchev–Trinajstić information content (AvgIpc) is 3.05. The number of hydrogen-bond donors (Lipinski definition) is 2. The lowest BCUT2D eigenvalue weighted by atomic mass is 9.82. The monoisotopic (exact) mass is 450 g/mol. The Morgan fingerprint density at radius 1 is 0.938 bits per heavy atom. The number of nitrogens with one attached hydrogen (secondary N) is 1. The second-order valence-corrected chi connectivity index (χ2v) is 8.83. The van der Waals surface area contributed by atoms with Crippen LogP contribution in [-0.4, -0.2) is 46.0 Å². The number of thioether (sulfide) groups is 1. The van der Waals surface area contributed by atoms with E-state index in [0.717, 1.165) is 4.90 Å². The zero-order valence-corrected chi connectivity index (χ0v) is 18.0. The minimum Gasteiger partial charge on any atom is -0.481 e. The van der Waals surface area contributed by atoms with Gasteiger partial charge in [0, 0.05) is 22.9 Å². The minimum absolute atomic E-state index is 0.263. The number of benzene rings is 2. The molecule has 0 radical (unpaired) electrons. The molecule has 8 heteroatoms. The summed E-state index contributed by atoms with van der Waals surface area (Å²) in [4.78, 5) is 51.0. The molecule has 0 bridgehead atoms. The number of aliphatic carboxylic acids is 1. The van der Waals surface area contributed by atoms with E-state index in [1.807, 2.05) is 18.2 Å². The van der Waals surface area contributed by atoms with Gasteiger partial charge in [-0.3, -0.25) is 24.1 Å². The highest BCUT2D eigenvalue weighted by Gasteiger charge is 2.35. The lowest BCUT2D eigenvalue weighted by molar-refractivity contribution is -0.146. The number of fused-ring (bicyclic) bond motifs is 1. The highest BCUT2D eigenvalue weighted by atomic mass is 32.2. The van der Waals surface area contributed by atoms with E-state index in [9.17, 15) is 24.3 Å². The molecule has 2 aliphatic rings. The fraction of sp³-hybridized carbons (Fsp3) is 0.250. The van der Waals surface area contributed by atoms with Gasteiger partial charge >= 0.3 is 5.97 Å². The van der Waals surface area contributed by atoms with Crippen LogP contribution in [0, 0.1) is 11.8 Å². The molecule has 1 aliphatic carbocycles. The first-order valence-electron chi connectivity index (χ1n) is 10.3. The Kier molecular flexibility index (Phi) is 6.41. The number of amides is 3. The zero-order chi connectivity index (χ0) is 22.7.